The monoisotopic (exact) mass is 371 g/mol. The Bertz CT molecular complexity index is 933. The lowest BCUT2D eigenvalue weighted by Crippen LogP contribution is -2.06. The van der Waals surface area contributed by atoms with Gasteiger partial charge in [0.2, 0.25) is 0 Å². The Morgan fingerprint density at radius 3 is 2.70 bits per heavy atom. The van der Waals surface area contributed by atoms with Crippen molar-refractivity contribution in [2.24, 2.45) is 0 Å². The summed E-state index contributed by atoms with van der Waals surface area (Å²) in [6, 6.07) is 9.12. The highest BCUT2D eigenvalue weighted by Crippen LogP contribution is 2.37. The van der Waals surface area contributed by atoms with Crippen LogP contribution in [0.2, 0.25) is 0 Å². The Morgan fingerprint density at radius 2 is 2.00 bits per heavy atom. The molecule has 2 heterocycles. The van der Waals surface area contributed by atoms with Gasteiger partial charge in [-0.1, -0.05) is 27.6 Å². The summed E-state index contributed by atoms with van der Waals surface area (Å²) in [6.45, 7) is 3.64. The van der Waals surface area contributed by atoms with Crippen molar-refractivity contribution in [3.63, 3.8) is 0 Å². The molecule has 0 radical (unpaired) electrons. The Balaban J connectivity index is 2.28. The third-order valence-electron chi connectivity index (χ3n) is 3.65. The van der Waals surface area contributed by atoms with E-state index in [1.165, 1.54) is 0 Å². The molecule has 0 fully saturated rings. The summed E-state index contributed by atoms with van der Waals surface area (Å²) in [4.78, 5) is 16.5. The quantitative estimate of drug-likeness (QED) is 0.722. The molecular weight excluding hydrogens is 358 g/mol. The Labute approximate surface area is 141 Å². The first-order chi connectivity index (χ1) is 11.0. The number of halogens is 1. The fourth-order valence-corrected chi connectivity index (χ4v) is 2.90. The van der Waals surface area contributed by atoms with Crippen LogP contribution in [0, 0.1) is 13.8 Å². The summed E-state index contributed by atoms with van der Waals surface area (Å²) in [6.07, 6.45) is 3.22. The predicted molar refractivity (Wildman–Crippen MR) is 92.5 cm³/mol. The third-order valence-corrected chi connectivity index (χ3v) is 4.34. The molecule has 4 nitrogen and oxygen atoms in total. The van der Waals surface area contributed by atoms with Crippen LogP contribution in [0.1, 0.15) is 11.1 Å². The fraction of sp³-hybridized carbons (Fsp3) is 0.111. The number of aromatic hydroxyl groups is 1. The number of hydrogen-bond donors (Lipinski definition) is 1. The van der Waals surface area contributed by atoms with Crippen LogP contribution in [-0.2, 0) is 0 Å². The Morgan fingerprint density at radius 1 is 1.22 bits per heavy atom. The van der Waals surface area contributed by atoms with Crippen LogP contribution in [0.5, 0.6) is 5.75 Å². The Kier molecular flexibility index (Phi) is 4.05. The van der Waals surface area contributed by atoms with Crippen molar-refractivity contribution in [3.05, 3.63) is 68.7 Å². The van der Waals surface area contributed by atoms with E-state index in [0.29, 0.717) is 22.5 Å². The lowest BCUT2D eigenvalue weighted by Gasteiger charge is -2.12. The van der Waals surface area contributed by atoms with Gasteiger partial charge >= 0.3 is 5.63 Å². The second-order valence-electron chi connectivity index (χ2n) is 5.29. The summed E-state index contributed by atoms with van der Waals surface area (Å²) in [5.74, 6) is 0.250. The average molecular weight is 372 g/mol. The molecule has 0 atom stereocenters. The van der Waals surface area contributed by atoms with E-state index < -0.39 is 5.63 Å². The smallest absolute Gasteiger partial charge is 0.348 e. The maximum absolute atomic E-state index is 12.5. The zero-order valence-electron chi connectivity index (χ0n) is 12.6. The van der Waals surface area contributed by atoms with Crippen LogP contribution in [0.25, 0.3) is 22.5 Å². The molecule has 2 aromatic heterocycles. The summed E-state index contributed by atoms with van der Waals surface area (Å²) in [5, 5.41) is 10.6. The molecule has 0 saturated heterocycles. The molecule has 0 aliphatic carbocycles. The molecule has 1 N–H and O–H groups in total. The third kappa shape index (κ3) is 2.80. The SMILES string of the molecule is Cc1ccc(Br)c(-c2c(O)c(C)c(-c3cccnc3)oc2=O)c1. The number of pyridine rings is 1. The van der Waals surface area contributed by atoms with Gasteiger partial charge in [-0.25, -0.2) is 4.79 Å². The highest BCUT2D eigenvalue weighted by Gasteiger charge is 2.20. The predicted octanol–water partition coefficient (Wildman–Crippen LogP) is 4.45. The number of rotatable bonds is 2. The largest absolute Gasteiger partial charge is 0.507 e. The second-order valence-corrected chi connectivity index (χ2v) is 6.15. The maximum atomic E-state index is 12.5. The molecule has 0 aliphatic heterocycles. The molecule has 0 bridgehead atoms. The van der Waals surface area contributed by atoms with Crippen LogP contribution >= 0.6 is 15.9 Å². The van der Waals surface area contributed by atoms with Gasteiger partial charge in [0.1, 0.15) is 17.1 Å². The first-order valence-electron chi connectivity index (χ1n) is 7.02. The minimum absolute atomic E-state index is 0.0774. The van der Waals surface area contributed by atoms with Crippen molar-refractivity contribution in [1.29, 1.82) is 0 Å². The van der Waals surface area contributed by atoms with E-state index in [0.717, 1.165) is 10.0 Å². The molecule has 0 aliphatic rings. The maximum Gasteiger partial charge on any atom is 0.348 e. The molecule has 3 rings (SSSR count). The standard InChI is InChI=1S/C18H14BrNO3/c1-10-5-6-14(19)13(8-10)15-16(21)11(2)17(23-18(15)22)12-4-3-7-20-9-12/h3-9,21H,1-2H3. The Hall–Kier alpha value is -2.40. The van der Waals surface area contributed by atoms with E-state index in [-0.39, 0.29) is 11.3 Å². The summed E-state index contributed by atoms with van der Waals surface area (Å²) < 4.78 is 6.20. The van der Waals surface area contributed by atoms with Crippen molar-refractivity contribution in [2.45, 2.75) is 13.8 Å². The van der Waals surface area contributed by atoms with Gasteiger partial charge in [-0.05, 0) is 38.1 Å². The van der Waals surface area contributed by atoms with Gasteiger partial charge in [0.15, 0.2) is 0 Å². The zero-order chi connectivity index (χ0) is 16.6. The van der Waals surface area contributed by atoms with Gasteiger partial charge in [0, 0.05) is 33.6 Å². The molecule has 1 aromatic carbocycles. The topological polar surface area (TPSA) is 63.3 Å². The van der Waals surface area contributed by atoms with Crippen LogP contribution in [0.15, 0.2) is 56.4 Å². The van der Waals surface area contributed by atoms with Crippen LogP contribution < -0.4 is 5.63 Å². The van der Waals surface area contributed by atoms with Gasteiger partial charge in [-0.2, -0.15) is 0 Å². The molecule has 0 unspecified atom stereocenters. The van der Waals surface area contributed by atoms with E-state index in [1.807, 2.05) is 25.1 Å². The van der Waals surface area contributed by atoms with Gasteiger partial charge in [0.05, 0.1) is 0 Å². The normalized spacial score (nSPS) is 10.7. The molecule has 23 heavy (non-hydrogen) atoms. The molecule has 0 spiro atoms. The van der Waals surface area contributed by atoms with E-state index in [2.05, 4.69) is 20.9 Å². The fourth-order valence-electron chi connectivity index (χ4n) is 2.45. The minimum atomic E-state index is -0.585. The van der Waals surface area contributed by atoms with E-state index >= 15 is 0 Å². The lowest BCUT2D eigenvalue weighted by molar-refractivity contribution is 0.450. The second kappa shape index (κ2) is 6.01. The number of nitrogens with zero attached hydrogens (tertiary/aromatic N) is 1. The zero-order valence-corrected chi connectivity index (χ0v) is 14.2. The van der Waals surface area contributed by atoms with Crippen LogP contribution in [0.4, 0.5) is 0 Å². The summed E-state index contributed by atoms with van der Waals surface area (Å²) in [5.41, 5.74) is 2.31. The summed E-state index contributed by atoms with van der Waals surface area (Å²) >= 11 is 3.42. The van der Waals surface area contributed by atoms with Crippen molar-refractivity contribution in [3.8, 4) is 28.2 Å². The summed E-state index contributed by atoms with van der Waals surface area (Å²) in [7, 11) is 0. The van der Waals surface area contributed by atoms with E-state index in [4.69, 9.17) is 4.42 Å². The first-order valence-corrected chi connectivity index (χ1v) is 7.82. The average Bonchev–Trinajstić information content (AvgIpc) is 2.55. The molecule has 5 heteroatoms. The van der Waals surface area contributed by atoms with Gasteiger partial charge < -0.3 is 9.52 Å². The van der Waals surface area contributed by atoms with Crippen molar-refractivity contribution < 1.29 is 9.52 Å². The van der Waals surface area contributed by atoms with Gasteiger partial charge in [-0.3, -0.25) is 4.98 Å². The molecule has 116 valence electrons. The molecular formula is C18H14BrNO3. The first kappa shape index (κ1) is 15.5. The van der Waals surface area contributed by atoms with Crippen molar-refractivity contribution in [2.75, 3.05) is 0 Å². The van der Waals surface area contributed by atoms with Crippen molar-refractivity contribution >= 4 is 15.9 Å². The van der Waals surface area contributed by atoms with Gasteiger partial charge in [0.25, 0.3) is 0 Å². The van der Waals surface area contributed by atoms with Crippen molar-refractivity contribution in [1.82, 2.24) is 4.98 Å². The van der Waals surface area contributed by atoms with E-state index in [9.17, 15) is 9.90 Å². The molecule has 0 saturated carbocycles. The number of benzene rings is 1. The number of aryl methyl sites for hydroxylation is 1. The number of aromatic nitrogens is 1. The number of hydrogen-bond acceptors (Lipinski definition) is 4. The van der Waals surface area contributed by atoms with Crippen LogP contribution in [0.3, 0.4) is 0 Å². The molecule has 3 aromatic rings. The molecule has 0 amide bonds. The van der Waals surface area contributed by atoms with E-state index in [1.54, 1.807) is 31.5 Å². The van der Waals surface area contributed by atoms with Crippen LogP contribution in [-0.4, -0.2) is 10.1 Å². The highest BCUT2D eigenvalue weighted by molar-refractivity contribution is 9.10. The lowest BCUT2D eigenvalue weighted by atomic mass is 10.0. The van der Waals surface area contributed by atoms with Gasteiger partial charge in [-0.15, -0.1) is 0 Å². The minimum Gasteiger partial charge on any atom is -0.507 e. The highest BCUT2D eigenvalue weighted by atomic mass is 79.9.